The van der Waals surface area contributed by atoms with Crippen LogP contribution in [0.25, 0.3) is 0 Å². The molecule has 0 aliphatic heterocycles. The highest BCUT2D eigenvalue weighted by molar-refractivity contribution is 7.85. The van der Waals surface area contributed by atoms with E-state index in [2.05, 4.69) is 10.6 Å². The lowest BCUT2D eigenvalue weighted by atomic mass is 10.2. The molecule has 1 saturated carbocycles. The number of carboxylic acid groups (broad SMARTS) is 1. The van der Waals surface area contributed by atoms with E-state index in [1.807, 2.05) is 0 Å². The van der Waals surface area contributed by atoms with E-state index in [9.17, 15) is 18.6 Å². The lowest BCUT2D eigenvalue weighted by Gasteiger charge is -2.14. The van der Waals surface area contributed by atoms with E-state index in [1.54, 1.807) is 0 Å². The summed E-state index contributed by atoms with van der Waals surface area (Å²) in [7, 11) is -1.62. The van der Waals surface area contributed by atoms with Crippen LogP contribution in [0.1, 0.15) is 32.6 Å². The van der Waals surface area contributed by atoms with Gasteiger partial charge in [0, 0.05) is 23.8 Å². The Hall–Kier alpha value is -1.44. The van der Waals surface area contributed by atoms with E-state index < -0.39 is 28.7 Å². The average Bonchev–Trinajstić information content (AvgIpc) is 2.79. The van der Waals surface area contributed by atoms with Gasteiger partial charge in [0.2, 0.25) is 11.8 Å². The number of hydrogen-bond donors (Lipinski definition) is 3. The molecule has 2 atom stereocenters. The van der Waals surface area contributed by atoms with Gasteiger partial charge in [-0.05, 0) is 12.8 Å². The summed E-state index contributed by atoms with van der Waals surface area (Å²) in [5.41, 5.74) is 0. The van der Waals surface area contributed by atoms with Gasteiger partial charge in [0.05, 0.1) is 5.75 Å². The summed E-state index contributed by atoms with van der Waals surface area (Å²) in [6, 6.07) is -1.09. The molecule has 1 unspecified atom stereocenters. The summed E-state index contributed by atoms with van der Waals surface area (Å²) in [6.07, 6.45) is 4.03. The molecule has 0 spiro atoms. The van der Waals surface area contributed by atoms with Gasteiger partial charge in [-0.25, -0.2) is 4.79 Å². The van der Waals surface area contributed by atoms with Gasteiger partial charge in [0.25, 0.3) is 0 Å². The maximum atomic E-state index is 11.8. The highest BCUT2D eigenvalue weighted by atomic mass is 32.2. The molecule has 1 rings (SSSR count). The van der Waals surface area contributed by atoms with Crippen molar-refractivity contribution in [3.63, 3.8) is 0 Å². The van der Waals surface area contributed by atoms with Crippen molar-refractivity contribution in [3.05, 3.63) is 0 Å². The maximum absolute atomic E-state index is 11.8. The van der Waals surface area contributed by atoms with E-state index in [-0.39, 0.29) is 23.5 Å². The number of carbonyl (C=O) groups is 3. The third-order valence-corrected chi connectivity index (χ3v) is 4.33. The van der Waals surface area contributed by atoms with Gasteiger partial charge in [-0.3, -0.25) is 13.8 Å². The number of aliphatic carboxylic acids is 1. The van der Waals surface area contributed by atoms with Crippen LogP contribution in [-0.4, -0.2) is 50.7 Å². The van der Waals surface area contributed by atoms with Crippen LogP contribution in [0, 0.1) is 0 Å². The fourth-order valence-electron chi connectivity index (χ4n) is 2.15. The molecule has 0 radical (unpaired) electrons. The number of carboxylic acids is 1. The van der Waals surface area contributed by atoms with Crippen LogP contribution in [0.2, 0.25) is 0 Å². The molecule has 1 aliphatic carbocycles. The highest BCUT2D eigenvalue weighted by Gasteiger charge is 2.23. The molecule has 1 aliphatic rings. The van der Waals surface area contributed by atoms with Gasteiger partial charge in [-0.15, -0.1) is 0 Å². The van der Waals surface area contributed by atoms with Crippen molar-refractivity contribution in [2.45, 2.75) is 44.7 Å². The van der Waals surface area contributed by atoms with E-state index in [0.29, 0.717) is 0 Å². The van der Waals surface area contributed by atoms with Crippen molar-refractivity contribution < 1.29 is 23.7 Å². The Morgan fingerprint density at radius 1 is 1.30 bits per heavy atom. The van der Waals surface area contributed by atoms with Crippen LogP contribution >= 0.6 is 0 Å². The first-order valence-corrected chi connectivity index (χ1v) is 8.01. The van der Waals surface area contributed by atoms with E-state index in [1.165, 1.54) is 6.92 Å². The van der Waals surface area contributed by atoms with Crippen molar-refractivity contribution in [2.24, 2.45) is 0 Å². The predicted molar refractivity (Wildman–Crippen MR) is 73.5 cm³/mol. The molecule has 114 valence electrons. The van der Waals surface area contributed by atoms with Gasteiger partial charge in [-0.1, -0.05) is 12.8 Å². The molecule has 8 heteroatoms. The summed E-state index contributed by atoms with van der Waals surface area (Å²) < 4.78 is 11.8. The molecule has 20 heavy (non-hydrogen) atoms. The summed E-state index contributed by atoms with van der Waals surface area (Å²) in [5, 5.41) is 13.9. The Labute approximate surface area is 120 Å². The lowest BCUT2D eigenvalue weighted by molar-refractivity contribution is -0.140. The Morgan fingerprint density at radius 2 is 1.90 bits per heavy atom. The van der Waals surface area contributed by atoms with Gasteiger partial charge in [0.15, 0.2) is 0 Å². The first-order valence-electron chi connectivity index (χ1n) is 6.52. The Kier molecular flexibility index (Phi) is 6.63. The minimum atomic E-state index is -1.62. The molecule has 0 bridgehead atoms. The summed E-state index contributed by atoms with van der Waals surface area (Å²) in [4.78, 5) is 33.4. The first kappa shape index (κ1) is 16.6. The maximum Gasteiger partial charge on any atom is 0.327 e. The number of nitrogens with one attached hydrogen (secondary N) is 2. The number of carbonyl (C=O) groups excluding carboxylic acids is 2. The minimum absolute atomic E-state index is 0.144. The van der Waals surface area contributed by atoms with Crippen LogP contribution in [0.5, 0.6) is 0 Å². The third-order valence-electron chi connectivity index (χ3n) is 3.04. The van der Waals surface area contributed by atoms with E-state index >= 15 is 0 Å². The molecule has 0 aromatic rings. The lowest BCUT2D eigenvalue weighted by Crippen LogP contribution is -2.45. The fraction of sp³-hybridized carbons (Fsp3) is 0.750. The molecule has 0 aromatic carbocycles. The van der Waals surface area contributed by atoms with Crippen LogP contribution in [0.15, 0.2) is 0 Å². The fourth-order valence-corrected chi connectivity index (χ4v) is 3.24. The average molecular weight is 304 g/mol. The Balaban J connectivity index is 2.38. The van der Waals surface area contributed by atoms with Crippen molar-refractivity contribution in [2.75, 3.05) is 11.5 Å². The van der Waals surface area contributed by atoms with Gasteiger partial charge in [0.1, 0.15) is 11.8 Å². The number of amides is 2. The Morgan fingerprint density at radius 3 is 2.40 bits per heavy atom. The standard InChI is InChI=1S/C12H20N2O5S/c1-8(15)13-10(12(17)18)6-20(19)7-11(16)14-9-4-2-3-5-9/h9-10H,2-7H2,1H3,(H,13,15)(H,14,16)(H,17,18)/t10-,20?/m0/s1. The summed E-state index contributed by atoms with van der Waals surface area (Å²) in [5.74, 6) is -2.61. The first-order chi connectivity index (χ1) is 9.38. The molecular formula is C12H20N2O5S. The van der Waals surface area contributed by atoms with Crippen molar-refractivity contribution >= 4 is 28.6 Å². The number of rotatable bonds is 7. The molecule has 3 N–H and O–H groups in total. The normalized spacial score (nSPS) is 18.2. The van der Waals surface area contributed by atoms with Crippen molar-refractivity contribution in [3.8, 4) is 0 Å². The third kappa shape index (κ3) is 6.14. The second-order valence-corrected chi connectivity index (χ2v) is 6.39. The molecule has 0 saturated heterocycles. The zero-order chi connectivity index (χ0) is 15.1. The van der Waals surface area contributed by atoms with Crippen LogP contribution < -0.4 is 10.6 Å². The molecule has 0 heterocycles. The van der Waals surface area contributed by atoms with Crippen LogP contribution in [0.4, 0.5) is 0 Å². The second-order valence-electron chi connectivity index (χ2n) is 4.89. The second kappa shape index (κ2) is 7.98. The summed E-state index contributed by atoms with van der Waals surface area (Å²) in [6.45, 7) is 1.19. The smallest absolute Gasteiger partial charge is 0.327 e. The van der Waals surface area contributed by atoms with Gasteiger partial charge < -0.3 is 15.7 Å². The van der Waals surface area contributed by atoms with Crippen molar-refractivity contribution in [1.82, 2.24) is 10.6 Å². The highest BCUT2D eigenvalue weighted by Crippen LogP contribution is 2.17. The van der Waals surface area contributed by atoms with Crippen LogP contribution in [-0.2, 0) is 25.2 Å². The molecule has 1 fully saturated rings. The molecule has 2 amide bonds. The molecule has 0 aromatic heterocycles. The van der Waals surface area contributed by atoms with E-state index in [0.717, 1.165) is 25.7 Å². The van der Waals surface area contributed by atoms with Crippen molar-refractivity contribution in [1.29, 1.82) is 0 Å². The zero-order valence-corrected chi connectivity index (χ0v) is 12.2. The topological polar surface area (TPSA) is 113 Å². The predicted octanol–water partition coefficient (Wildman–Crippen LogP) is -0.617. The SMILES string of the molecule is CC(=O)N[C@@H](CS(=O)CC(=O)NC1CCCC1)C(=O)O. The quantitative estimate of drug-likeness (QED) is 0.580. The Bertz CT molecular complexity index is 407. The van der Waals surface area contributed by atoms with Gasteiger partial charge in [-0.2, -0.15) is 0 Å². The largest absolute Gasteiger partial charge is 0.480 e. The number of hydrogen-bond acceptors (Lipinski definition) is 4. The minimum Gasteiger partial charge on any atom is -0.480 e. The van der Waals surface area contributed by atoms with Crippen LogP contribution in [0.3, 0.4) is 0 Å². The molecule has 7 nitrogen and oxygen atoms in total. The summed E-state index contributed by atoms with van der Waals surface area (Å²) >= 11 is 0. The molecular weight excluding hydrogens is 284 g/mol. The monoisotopic (exact) mass is 304 g/mol. The van der Waals surface area contributed by atoms with E-state index in [4.69, 9.17) is 5.11 Å². The van der Waals surface area contributed by atoms with Gasteiger partial charge >= 0.3 is 5.97 Å². The zero-order valence-electron chi connectivity index (χ0n) is 11.4.